The summed E-state index contributed by atoms with van der Waals surface area (Å²) in [5.74, 6) is -2.04. The van der Waals surface area contributed by atoms with Crippen LogP contribution in [0.1, 0.15) is 80.1 Å². The maximum absolute atomic E-state index is 13.0. The molecule has 9 atom stereocenters. The highest BCUT2D eigenvalue weighted by Crippen LogP contribution is 2.43. The number of carbonyl (C=O) groups excluding carboxylic acids is 6. The number of aliphatic hydroxyl groups excluding tert-OH is 1. The van der Waals surface area contributed by atoms with Crippen LogP contribution in [0.2, 0.25) is 0 Å². The van der Waals surface area contributed by atoms with Crippen LogP contribution in [-0.4, -0.2) is 114 Å². The van der Waals surface area contributed by atoms with E-state index in [1.807, 2.05) is 26.0 Å². The molecule has 1 spiro atoms. The highest BCUT2D eigenvalue weighted by atomic mass is 16.7. The highest BCUT2D eigenvalue weighted by molar-refractivity contribution is 5.89. The number of hydrogen-bond acceptors (Lipinski definition) is 12. The van der Waals surface area contributed by atoms with Crippen molar-refractivity contribution in [3.8, 4) is 0 Å². The summed E-state index contributed by atoms with van der Waals surface area (Å²) < 4.78 is 22.8. The maximum atomic E-state index is 13.0. The first-order valence-corrected chi connectivity index (χ1v) is 17.3. The third kappa shape index (κ3) is 12.4. The Labute approximate surface area is 299 Å². The van der Waals surface area contributed by atoms with Gasteiger partial charge in [-0.05, 0) is 59.5 Å². The van der Waals surface area contributed by atoms with Crippen molar-refractivity contribution in [2.45, 2.75) is 134 Å². The van der Waals surface area contributed by atoms with Gasteiger partial charge in [0.2, 0.25) is 11.8 Å². The van der Waals surface area contributed by atoms with E-state index in [9.17, 15) is 33.9 Å². The summed E-state index contributed by atoms with van der Waals surface area (Å²) in [7, 11) is 1.26. The molecule has 0 aliphatic carbocycles. The van der Waals surface area contributed by atoms with E-state index in [0.717, 1.165) is 17.1 Å². The summed E-state index contributed by atoms with van der Waals surface area (Å²) in [6.07, 6.45) is 7.42. The molecule has 284 valence electrons. The van der Waals surface area contributed by atoms with Crippen molar-refractivity contribution in [1.82, 2.24) is 15.7 Å². The number of hydrogen-bond donors (Lipinski definition) is 3. The number of amides is 3. The van der Waals surface area contributed by atoms with Crippen LogP contribution in [0.5, 0.6) is 0 Å². The molecule has 0 aromatic rings. The first-order chi connectivity index (χ1) is 24.0. The molecule has 3 rings (SSSR count). The van der Waals surface area contributed by atoms with E-state index in [4.69, 9.17) is 23.8 Å². The number of epoxide rings is 1. The SMILES string of the molecule is CC(/C=C/C1O[C@H](CC(=O)NC(C)(C)C(=O)ON(C)C(=O)CCC=O)CC2(CO2)[C@@H]1O)=C\CC1OC(C)C(NC(=O)/C=C\C(C)OC=O)CC1C. The summed E-state index contributed by atoms with van der Waals surface area (Å²) in [6, 6.07) is -0.171. The summed E-state index contributed by atoms with van der Waals surface area (Å²) in [4.78, 5) is 76.1. The van der Waals surface area contributed by atoms with E-state index >= 15 is 0 Å². The van der Waals surface area contributed by atoms with Crippen molar-refractivity contribution in [2.24, 2.45) is 5.92 Å². The zero-order valence-corrected chi connectivity index (χ0v) is 30.5. The second-order valence-corrected chi connectivity index (χ2v) is 14.1. The molecule has 3 saturated heterocycles. The number of aldehydes is 1. The Balaban J connectivity index is 1.52. The maximum Gasteiger partial charge on any atom is 0.357 e. The molecule has 51 heavy (non-hydrogen) atoms. The minimum Gasteiger partial charge on any atom is -0.461 e. The number of hydroxylamine groups is 2. The topological polar surface area (TPSA) is 199 Å². The first-order valence-electron chi connectivity index (χ1n) is 17.3. The van der Waals surface area contributed by atoms with Gasteiger partial charge in [0.05, 0.1) is 37.4 Å². The number of aliphatic hydroxyl groups is 1. The summed E-state index contributed by atoms with van der Waals surface area (Å²) in [5, 5.41) is 17.4. The minimum atomic E-state index is -1.48. The van der Waals surface area contributed by atoms with Gasteiger partial charge < -0.3 is 44.3 Å². The monoisotopic (exact) mass is 719 g/mol. The average Bonchev–Trinajstić information content (AvgIpc) is 3.83. The van der Waals surface area contributed by atoms with Gasteiger partial charge in [-0.15, -0.1) is 0 Å². The second-order valence-electron chi connectivity index (χ2n) is 14.1. The lowest BCUT2D eigenvalue weighted by Gasteiger charge is -2.39. The summed E-state index contributed by atoms with van der Waals surface area (Å²) in [5.41, 5.74) is -1.38. The van der Waals surface area contributed by atoms with E-state index in [1.165, 1.54) is 33.0 Å². The Morgan fingerprint density at radius 3 is 2.49 bits per heavy atom. The van der Waals surface area contributed by atoms with Crippen molar-refractivity contribution in [3.05, 3.63) is 36.0 Å². The largest absolute Gasteiger partial charge is 0.461 e. The predicted molar refractivity (Wildman–Crippen MR) is 182 cm³/mol. The highest BCUT2D eigenvalue weighted by Gasteiger charge is 2.58. The molecule has 3 amide bonds. The van der Waals surface area contributed by atoms with Crippen molar-refractivity contribution < 1.29 is 57.7 Å². The molecule has 0 aromatic carbocycles. The molecule has 3 N–H and O–H groups in total. The number of allylic oxidation sites excluding steroid dienone is 2. The number of nitrogens with one attached hydrogen (secondary N) is 2. The Hall–Kier alpha value is -3.92. The Morgan fingerprint density at radius 1 is 1.14 bits per heavy atom. The van der Waals surface area contributed by atoms with Gasteiger partial charge in [0.25, 0.3) is 12.4 Å². The van der Waals surface area contributed by atoms with Crippen molar-refractivity contribution in [3.63, 3.8) is 0 Å². The normalized spacial score (nSPS) is 30.0. The van der Waals surface area contributed by atoms with Crippen molar-refractivity contribution in [1.29, 1.82) is 0 Å². The lowest BCUT2D eigenvalue weighted by Crippen LogP contribution is -2.54. The van der Waals surface area contributed by atoms with E-state index in [0.29, 0.717) is 32.2 Å². The molecular formula is C36H53N3O12. The van der Waals surface area contributed by atoms with Gasteiger partial charge in [-0.2, -0.15) is 5.06 Å². The molecule has 3 aliphatic heterocycles. The molecule has 15 nitrogen and oxygen atoms in total. The number of rotatable bonds is 16. The molecule has 0 saturated carbocycles. The van der Waals surface area contributed by atoms with Gasteiger partial charge in [0.15, 0.2) is 0 Å². The number of carbonyl (C=O) groups is 6. The van der Waals surface area contributed by atoms with Gasteiger partial charge >= 0.3 is 5.97 Å². The molecule has 0 bridgehead atoms. The third-order valence-electron chi connectivity index (χ3n) is 9.26. The molecule has 3 fully saturated rings. The first kappa shape index (κ1) is 41.5. The summed E-state index contributed by atoms with van der Waals surface area (Å²) >= 11 is 0. The molecular weight excluding hydrogens is 666 g/mol. The zero-order valence-electron chi connectivity index (χ0n) is 30.5. The van der Waals surface area contributed by atoms with E-state index in [-0.39, 0.29) is 49.3 Å². The molecule has 0 aromatic heterocycles. The fourth-order valence-electron chi connectivity index (χ4n) is 6.01. The molecule has 3 heterocycles. The second kappa shape index (κ2) is 18.5. The Bertz CT molecular complexity index is 1360. The summed E-state index contributed by atoms with van der Waals surface area (Å²) in [6.45, 7) is 11.1. The molecule has 7 unspecified atom stereocenters. The third-order valence-corrected chi connectivity index (χ3v) is 9.26. The average molecular weight is 720 g/mol. The van der Waals surface area contributed by atoms with E-state index in [1.54, 1.807) is 13.0 Å². The lowest BCUT2D eigenvalue weighted by molar-refractivity contribution is -0.198. The van der Waals surface area contributed by atoms with Gasteiger partial charge in [0.1, 0.15) is 35.7 Å². The van der Waals surface area contributed by atoms with Gasteiger partial charge in [-0.25, -0.2) is 4.79 Å². The van der Waals surface area contributed by atoms with Crippen LogP contribution in [0.25, 0.3) is 0 Å². The Morgan fingerprint density at radius 2 is 1.84 bits per heavy atom. The van der Waals surface area contributed by atoms with Crippen LogP contribution in [-0.2, 0) is 52.6 Å². The zero-order chi connectivity index (χ0) is 37.9. The fourth-order valence-corrected chi connectivity index (χ4v) is 6.01. The molecule has 3 aliphatic rings. The lowest BCUT2D eigenvalue weighted by atomic mass is 9.87. The van der Waals surface area contributed by atoms with Crippen molar-refractivity contribution >= 4 is 36.4 Å². The molecule has 0 radical (unpaired) electrons. The van der Waals surface area contributed by atoms with Crippen LogP contribution in [0.3, 0.4) is 0 Å². The van der Waals surface area contributed by atoms with Gasteiger partial charge in [-0.1, -0.05) is 30.7 Å². The smallest absolute Gasteiger partial charge is 0.357 e. The van der Waals surface area contributed by atoms with Gasteiger partial charge in [-0.3, -0.25) is 19.2 Å². The van der Waals surface area contributed by atoms with Crippen LogP contribution in [0.15, 0.2) is 36.0 Å². The van der Waals surface area contributed by atoms with Crippen LogP contribution < -0.4 is 10.6 Å². The minimum absolute atomic E-state index is 0.00575. The van der Waals surface area contributed by atoms with E-state index in [2.05, 4.69) is 17.6 Å². The van der Waals surface area contributed by atoms with Crippen LogP contribution in [0.4, 0.5) is 0 Å². The van der Waals surface area contributed by atoms with Gasteiger partial charge in [0, 0.05) is 32.4 Å². The van der Waals surface area contributed by atoms with Crippen LogP contribution >= 0.6 is 0 Å². The standard InChI is InChI=1S/C36H53N3O12/c1-22(10-13-28-23(2)17-27(25(4)49-28)37-30(42)15-12-24(3)47-21-41)11-14-29-33(45)36(20-48-36)19-26(50-29)18-31(43)38-35(5,6)34(46)51-39(7)32(44)9-8-16-40/h10-12,14-16,21,23-29,33,45H,8-9,13,17-20H2,1-7H3,(H,37,42)(H,38,43)/b14-11+,15-12-,22-10+/t23?,24?,25?,26-,27?,28?,29?,33-,36?/m1/s1. The predicted octanol–water partition coefficient (Wildman–Crippen LogP) is 1.76. The van der Waals surface area contributed by atoms with Crippen molar-refractivity contribution in [2.75, 3.05) is 13.7 Å². The van der Waals surface area contributed by atoms with Crippen LogP contribution in [0, 0.1) is 5.92 Å². The quantitative estimate of drug-likeness (QED) is 0.0688. The number of nitrogens with zero attached hydrogens (tertiary/aromatic N) is 1. The van der Waals surface area contributed by atoms with E-state index < -0.39 is 53.3 Å². The fraction of sp³-hybridized carbons (Fsp3) is 0.667. The molecule has 15 heteroatoms. The number of ether oxygens (including phenoxy) is 4. The Kier molecular flexibility index (Phi) is 15.1.